The van der Waals surface area contributed by atoms with E-state index in [0.717, 1.165) is 18.4 Å². The lowest BCUT2D eigenvalue weighted by Crippen LogP contribution is -2.21. The fraction of sp³-hybridized carbons (Fsp3) is 0.250. The van der Waals surface area contributed by atoms with Crippen LogP contribution in [0.5, 0.6) is 11.5 Å². The maximum atomic E-state index is 13.8. The zero-order chi connectivity index (χ0) is 15.4. The highest BCUT2D eigenvalue weighted by Gasteiger charge is 2.11. The van der Waals surface area contributed by atoms with E-state index in [4.69, 9.17) is 33.7 Å². The quantitative estimate of drug-likeness (QED) is 0.818. The van der Waals surface area contributed by atoms with Crippen LogP contribution in [0.15, 0.2) is 36.4 Å². The van der Waals surface area contributed by atoms with Crippen molar-refractivity contribution in [3.8, 4) is 11.5 Å². The molecule has 0 spiro atoms. The molecule has 0 aliphatic heterocycles. The van der Waals surface area contributed by atoms with Crippen LogP contribution in [0.2, 0.25) is 10.0 Å². The Morgan fingerprint density at radius 2 is 1.90 bits per heavy atom. The standard InChI is InChI=1S/C16H16Cl2FNO/c1-2-11(20)8-10-6-7-14(13(18)9-10)21-15-5-3-4-12(17)16(15)19/h3-7,9,11H,2,8,20H2,1H3. The first-order chi connectivity index (χ1) is 10.0. The molecule has 0 fully saturated rings. The van der Waals surface area contributed by atoms with Crippen LogP contribution in [-0.2, 0) is 6.42 Å². The summed E-state index contributed by atoms with van der Waals surface area (Å²) in [6.45, 7) is 2.03. The first-order valence-electron chi connectivity index (χ1n) is 6.67. The molecule has 0 saturated carbocycles. The van der Waals surface area contributed by atoms with Gasteiger partial charge in [-0.05, 0) is 42.7 Å². The normalized spacial score (nSPS) is 12.2. The highest BCUT2D eigenvalue weighted by molar-refractivity contribution is 6.32. The molecule has 21 heavy (non-hydrogen) atoms. The van der Waals surface area contributed by atoms with Gasteiger partial charge in [-0.3, -0.25) is 0 Å². The molecule has 1 unspecified atom stereocenters. The van der Waals surface area contributed by atoms with Crippen molar-refractivity contribution in [2.75, 3.05) is 0 Å². The van der Waals surface area contributed by atoms with Gasteiger partial charge in [0.15, 0.2) is 11.6 Å². The lowest BCUT2D eigenvalue weighted by atomic mass is 10.0. The summed E-state index contributed by atoms with van der Waals surface area (Å²) in [6, 6.07) is 10.0. The summed E-state index contributed by atoms with van der Waals surface area (Å²) < 4.78 is 19.3. The van der Waals surface area contributed by atoms with Gasteiger partial charge in [0.25, 0.3) is 0 Å². The molecule has 2 aromatic rings. The Hall–Kier alpha value is -1.29. The van der Waals surface area contributed by atoms with Gasteiger partial charge >= 0.3 is 0 Å². The zero-order valence-corrected chi connectivity index (χ0v) is 13.1. The fourth-order valence-corrected chi connectivity index (χ4v) is 2.29. The monoisotopic (exact) mass is 327 g/mol. The van der Waals surface area contributed by atoms with E-state index in [2.05, 4.69) is 0 Å². The van der Waals surface area contributed by atoms with E-state index in [1.807, 2.05) is 13.0 Å². The third kappa shape index (κ3) is 4.10. The molecule has 2 N–H and O–H groups in total. The number of hydrogen-bond acceptors (Lipinski definition) is 2. The topological polar surface area (TPSA) is 35.2 Å². The Kier molecular flexibility index (Phi) is 5.45. The average molecular weight is 328 g/mol. The summed E-state index contributed by atoms with van der Waals surface area (Å²) in [6.07, 6.45) is 1.63. The largest absolute Gasteiger partial charge is 0.453 e. The third-order valence-corrected chi connectivity index (χ3v) is 3.74. The van der Waals surface area contributed by atoms with Crippen LogP contribution in [-0.4, -0.2) is 6.04 Å². The minimum absolute atomic E-state index is 0.00848. The van der Waals surface area contributed by atoms with E-state index in [0.29, 0.717) is 10.8 Å². The molecule has 0 heterocycles. The van der Waals surface area contributed by atoms with Gasteiger partial charge in [-0.1, -0.05) is 42.3 Å². The van der Waals surface area contributed by atoms with Crippen LogP contribution in [0.4, 0.5) is 4.39 Å². The number of ether oxygens (including phenoxy) is 1. The van der Waals surface area contributed by atoms with Crippen molar-refractivity contribution >= 4 is 23.2 Å². The second kappa shape index (κ2) is 7.12. The van der Waals surface area contributed by atoms with Crippen molar-refractivity contribution in [1.29, 1.82) is 0 Å². The Labute approximate surface area is 133 Å². The summed E-state index contributed by atoms with van der Waals surface area (Å²) in [5.41, 5.74) is 6.94. The van der Waals surface area contributed by atoms with E-state index in [1.54, 1.807) is 18.2 Å². The number of rotatable bonds is 5. The molecule has 2 aromatic carbocycles. The number of hydrogen-bond donors (Lipinski definition) is 1. The lowest BCUT2D eigenvalue weighted by Gasteiger charge is -2.12. The molecule has 0 saturated heterocycles. The van der Waals surface area contributed by atoms with Gasteiger partial charge in [-0.15, -0.1) is 0 Å². The van der Waals surface area contributed by atoms with Crippen LogP contribution < -0.4 is 10.5 Å². The summed E-state index contributed by atoms with van der Waals surface area (Å²) in [5, 5.41) is 0.421. The molecule has 0 aliphatic rings. The molecule has 0 aliphatic carbocycles. The van der Waals surface area contributed by atoms with Crippen LogP contribution >= 0.6 is 23.2 Å². The third-order valence-electron chi connectivity index (χ3n) is 3.15. The molecule has 112 valence electrons. The second-order valence-corrected chi connectivity index (χ2v) is 5.61. The van der Waals surface area contributed by atoms with E-state index >= 15 is 0 Å². The maximum Gasteiger partial charge on any atom is 0.184 e. The van der Waals surface area contributed by atoms with Gasteiger partial charge in [-0.2, -0.15) is 0 Å². The van der Waals surface area contributed by atoms with Crippen molar-refractivity contribution in [2.45, 2.75) is 25.8 Å². The number of nitrogens with two attached hydrogens (primary N) is 1. The lowest BCUT2D eigenvalue weighted by molar-refractivity contribution is 0.442. The van der Waals surface area contributed by atoms with Gasteiger partial charge in [-0.25, -0.2) is 4.39 Å². The second-order valence-electron chi connectivity index (χ2n) is 4.79. The molecule has 5 heteroatoms. The van der Waals surface area contributed by atoms with Crippen molar-refractivity contribution in [2.24, 2.45) is 5.73 Å². The molecule has 1 atom stereocenters. The molecule has 0 aromatic heterocycles. The van der Waals surface area contributed by atoms with Gasteiger partial charge in [0.1, 0.15) is 5.75 Å². The summed E-state index contributed by atoms with van der Waals surface area (Å²) in [4.78, 5) is 0. The average Bonchev–Trinajstić information content (AvgIpc) is 2.46. The van der Waals surface area contributed by atoms with Crippen molar-refractivity contribution < 1.29 is 9.13 Å². The number of halogens is 3. The van der Waals surface area contributed by atoms with E-state index in [9.17, 15) is 4.39 Å². The van der Waals surface area contributed by atoms with Crippen molar-refractivity contribution in [1.82, 2.24) is 0 Å². The van der Waals surface area contributed by atoms with Crippen molar-refractivity contribution in [3.05, 3.63) is 57.8 Å². The molecular formula is C16H16Cl2FNO. The first kappa shape index (κ1) is 16.1. The van der Waals surface area contributed by atoms with Gasteiger partial charge in [0.05, 0.1) is 10.0 Å². The molecule has 0 amide bonds. The minimum Gasteiger partial charge on any atom is -0.453 e. The molecular weight excluding hydrogens is 312 g/mol. The van der Waals surface area contributed by atoms with Gasteiger partial charge in [0.2, 0.25) is 0 Å². The molecule has 0 bridgehead atoms. The van der Waals surface area contributed by atoms with E-state index < -0.39 is 5.82 Å². The van der Waals surface area contributed by atoms with Crippen LogP contribution in [0, 0.1) is 5.82 Å². The number of benzene rings is 2. The summed E-state index contributed by atoms with van der Waals surface area (Å²) in [7, 11) is 0. The first-order valence-corrected chi connectivity index (χ1v) is 7.42. The van der Waals surface area contributed by atoms with Crippen LogP contribution in [0.1, 0.15) is 18.9 Å². The van der Waals surface area contributed by atoms with Crippen molar-refractivity contribution in [3.63, 3.8) is 0 Å². The highest BCUT2D eigenvalue weighted by Crippen LogP contribution is 2.33. The SMILES string of the molecule is CCC(N)Cc1ccc(Oc2cccc(Cl)c2F)c(Cl)c1. The van der Waals surface area contributed by atoms with Crippen LogP contribution in [0.3, 0.4) is 0 Å². The predicted octanol–water partition coefficient (Wildman–Crippen LogP) is 5.20. The highest BCUT2D eigenvalue weighted by atomic mass is 35.5. The van der Waals surface area contributed by atoms with Gasteiger partial charge < -0.3 is 10.5 Å². The predicted molar refractivity (Wildman–Crippen MR) is 84.9 cm³/mol. The smallest absolute Gasteiger partial charge is 0.184 e. The minimum atomic E-state index is -0.604. The molecule has 0 radical (unpaired) electrons. The Morgan fingerprint density at radius 3 is 2.57 bits per heavy atom. The van der Waals surface area contributed by atoms with Crippen LogP contribution in [0.25, 0.3) is 0 Å². The summed E-state index contributed by atoms with van der Waals surface area (Å²) >= 11 is 11.9. The van der Waals surface area contributed by atoms with E-state index in [1.165, 1.54) is 12.1 Å². The zero-order valence-electron chi connectivity index (χ0n) is 11.6. The Morgan fingerprint density at radius 1 is 1.14 bits per heavy atom. The fourth-order valence-electron chi connectivity index (χ4n) is 1.88. The molecule has 2 rings (SSSR count). The van der Waals surface area contributed by atoms with E-state index in [-0.39, 0.29) is 16.8 Å². The summed E-state index contributed by atoms with van der Waals surface area (Å²) in [5.74, 6) is -0.179. The Bertz CT molecular complexity index is 634. The Balaban J connectivity index is 2.19. The molecule has 2 nitrogen and oxygen atoms in total. The van der Waals surface area contributed by atoms with Gasteiger partial charge in [0, 0.05) is 6.04 Å². The maximum absolute atomic E-state index is 13.8.